The summed E-state index contributed by atoms with van der Waals surface area (Å²) in [6, 6.07) is 4.74. The maximum absolute atomic E-state index is 14.0. The zero-order valence-electron chi connectivity index (χ0n) is 11.6. The molecule has 0 amide bonds. The molecule has 1 saturated carbocycles. The molecule has 0 bridgehead atoms. The predicted molar refractivity (Wildman–Crippen MR) is 81.0 cm³/mol. The maximum atomic E-state index is 14.0. The molecule has 1 fully saturated rings. The Hall–Kier alpha value is -1.27. The molecule has 1 aliphatic carbocycles. The topological polar surface area (TPSA) is 64.9 Å². The molecule has 2 aromatic rings. The molecule has 4 nitrogen and oxygen atoms in total. The third-order valence-electron chi connectivity index (χ3n) is 4.03. The van der Waals surface area contributed by atoms with Gasteiger partial charge in [-0.25, -0.2) is 4.39 Å². The van der Waals surface area contributed by atoms with E-state index in [4.69, 9.17) is 10.3 Å². The molecule has 0 atom stereocenters. The average molecular weight is 354 g/mol. The van der Waals surface area contributed by atoms with Crippen molar-refractivity contribution in [3.63, 3.8) is 0 Å². The van der Waals surface area contributed by atoms with Crippen LogP contribution in [-0.4, -0.2) is 10.1 Å². The number of hydrogen-bond donors (Lipinski definition) is 1. The molecule has 0 radical (unpaired) electrons. The van der Waals surface area contributed by atoms with Crippen molar-refractivity contribution in [2.75, 3.05) is 0 Å². The first-order valence-corrected chi connectivity index (χ1v) is 7.96. The van der Waals surface area contributed by atoms with Crippen LogP contribution >= 0.6 is 15.9 Å². The Morgan fingerprint density at radius 3 is 2.57 bits per heavy atom. The van der Waals surface area contributed by atoms with Crippen LogP contribution in [0.3, 0.4) is 0 Å². The fraction of sp³-hybridized carbons (Fsp3) is 0.467. The number of nitrogens with two attached hydrogens (primary N) is 1. The van der Waals surface area contributed by atoms with E-state index < -0.39 is 11.4 Å². The Morgan fingerprint density at radius 1 is 1.19 bits per heavy atom. The molecular formula is C15H17BrFN3O. The average Bonchev–Trinajstić information content (AvgIpc) is 2.83. The lowest BCUT2D eigenvalue weighted by Crippen LogP contribution is -2.37. The van der Waals surface area contributed by atoms with E-state index in [9.17, 15) is 4.39 Å². The van der Waals surface area contributed by atoms with Crippen LogP contribution in [0.25, 0.3) is 11.5 Å². The van der Waals surface area contributed by atoms with E-state index in [0.717, 1.165) is 25.7 Å². The molecule has 112 valence electrons. The van der Waals surface area contributed by atoms with Crippen molar-refractivity contribution in [3.8, 4) is 11.5 Å². The second kappa shape index (κ2) is 5.85. The van der Waals surface area contributed by atoms with Gasteiger partial charge in [-0.3, -0.25) is 0 Å². The summed E-state index contributed by atoms with van der Waals surface area (Å²) in [5, 5.41) is 4.00. The van der Waals surface area contributed by atoms with Crippen LogP contribution < -0.4 is 5.73 Å². The summed E-state index contributed by atoms with van der Waals surface area (Å²) < 4.78 is 19.9. The number of aromatic nitrogens is 2. The molecule has 6 heteroatoms. The monoisotopic (exact) mass is 353 g/mol. The van der Waals surface area contributed by atoms with Crippen molar-refractivity contribution in [1.29, 1.82) is 0 Å². The van der Waals surface area contributed by atoms with Gasteiger partial charge in [0.2, 0.25) is 0 Å². The normalized spacial score (nSPS) is 18.4. The standard InChI is InChI=1S/C15H17BrFN3O/c16-10-5-6-11(12(17)9-10)13-19-14(20-21-13)15(18)7-3-1-2-4-8-15/h5-6,9H,1-4,7-8,18H2. The summed E-state index contributed by atoms with van der Waals surface area (Å²) in [6.45, 7) is 0. The number of halogens is 2. The third-order valence-corrected chi connectivity index (χ3v) is 4.52. The van der Waals surface area contributed by atoms with Crippen LogP contribution in [0.15, 0.2) is 27.2 Å². The van der Waals surface area contributed by atoms with Crippen LogP contribution in [0.5, 0.6) is 0 Å². The molecule has 1 heterocycles. The van der Waals surface area contributed by atoms with E-state index in [-0.39, 0.29) is 5.89 Å². The van der Waals surface area contributed by atoms with Gasteiger partial charge >= 0.3 is 0 Å². The van der Waals surface area contributed by atoms with Crippen molar-refractivity contribution < 1.29 is 8.91 Å². The molecule has 1 aliphatic rings. The molecule has 0 spiro atoms. The molecule has 0 saturated heterocycles. The van der Waals surface area contributed by atoms with E-state index in [1.54, 1.807) is 12.1 Å². The molecule has 0 unspecified atom stereocenters. The first-order chi connectivity index (χ1) is 10.1. The van der Waals surface area contributed by atoms with E-state index in [1.807, 2.05) is 0 Å². The highest BCUT2D eigenvalue weighted by atomic mass is 79.9. The summed E-state index contributed by atoms with van der Waals surface area (Å²) >= 11 is 3.23. The molecule has 1 aromatic carbocycles. The van der Waals surface area contributed by atoms with Crippen molar-refractivity contribution in [3.05, 3.63) is 34.3 Å². The number of nitrogens with zero attached hydrogens (tertiary/aromatic N) is 2. The van der Waals surface area contributed by atoms with Crippen LogP contribution in [0.2, 0.25) is 0 Å². The van der Waals surface area contributed by atoms with Gasteiger partial charge in [0.05, 0.1) is 11.1 Å². The first-order valence-electron chi connectivity index (χ1n) is 7.17. The Labute approximate surface area is 131 Å². The zero-order valence-corrected chi connectivity index (χ0v) is 13.2. The number of rotatable bonds is 2. The van der Waals surface area contributed by atoms with Crippen LogP contribution in [0.4, 0.5) is 4.39 Å². The van der Waals surface area contributed by atoms with Gasteiger partial charge in [0.15, 0.2) is 5.82 Å². The predicted octanol–water partition coefficient (Wildman–Crippen LogP) is 4.15. The Bertz CT molecular complexity index is 636. The minimum atomic E-state index is -0.551. The van der Waals surface area contributed by atoms with Gasteiger partial charge in [-0.2, -0.15) is 4.98 Å². The number of benzene rings is 1. The van der Waals surface area contributed by atoms with Crippen LogP contribution in [0, 0.1) is 5.82 Å². The summed E-state index contributed by atoms with van der Waals surface area (Å²) in [5.74, 6) is 0.275. The van der Waals surface area contributed by atoms with Gasteiger partial charge < -0.3 is 10.3 Å². The van der Waals surface area contributed by atoms with Gasteiger partial charge in [0, 0.05) is 4.47 Å². The van der Waals surface area contributed by atoms with Crippen molar-refractivity contribution in [2.24, 2.45) is 5.73 Å². The quantitative estimate of drug-likeness (QED) is 0.823. The highest BCUT2D eigenvalue weighted by Gasteiger charge is 2.33. The molecule has 0 aliphatic heterocycles. The lowest BCUT2D eigenvalue weighted by Gasteiger charge is -2.23. The lowest BCUT2D eigenvalue weighted by molar-refractivity contribution is 0.334. The lowest BCUT2D eigenvalue weighted by atomic mass is 9.91. The summed E-state index contributed by atoms with van der Waals surface area (Å²) in [6.07, 6.45) is 6.18. The Morgan fingerprint density at radius 2 is 1.90 bits per heavy atom. The maximum Gasteiger partial charge on any atom is 0.260 e. The minimum absolute atomic E-state index is 0.184. The van der Waals surface area contributed by atoms with Crippen LogP contribution in [-0.2, 0) is 5.54 Å². The number of hydrogen-bond acceptors (Lipinski definition) is 4. The first kappa shape index (κ1) is 14.7. The van der Waals surface area contributed by atoms with E-state index in [0.29, 0.717) is 15.9 Å². The molecule has 2 N–H and O–H groups in total. The summed E-state index contributed by atoms with van der Waals surface area (Å²) in [5.41, 5.74) is 6.20. The minimum Gasteiger partial charge on any atom is -0.334 e. The van der Waals surface area contributed by atoms with E-state index in [2.05, 4.69) is 26.1 Å². The van der Waals surface area contributed by atoms with Gasteiger partial charge in [-0.1, -0.05) is 46.8 Å². The fourth-order valence-corrected chi connectivity index (χ4v) is 3.11. The van der Waals surface area contributed by atoms with Crippen molar-refractivity contribution in [1.82, 2.24) is 10.1 Å². The highest BCUT2D eigenvalue weighted by Crippen LogP contribution is 2.33. The Kier molecular flexibility index (Phi) is 4.08. The second-order valence-corrected chi connectivity index (χ2v) is 6.53. The van der Waals surface area contributed by atoms with E-state index in [1.165, 1.54) is 18.9 Å². The zero-order chi connectivity index (χ0) is 14.9. The fourth-order valence-electron chi connectivity index (χ4n) is 2.78. The van der Waals surface area contributed by atoms with Crippen LogP contribution in [0.1, 0.15) is 44.3 Å². The van der Waals surface area contributed by atoms with Gasteiger partial charge in [-0.15, -0.1) is 0 Å². The van der Waals surface area contributed by atoms with Crippen molar-refractivity contribution in [2.45, 2.75) is 44.1 Å². The second-order valence-electron chi connectivity index (χ2n) is 5.62. The van der Waals surface area contributed by atoms with E-state index >= 15 is 0 Å². The van der Waals surface area contributed by atoms with Gasteiger partial charge in [0.1, 0.15) is 5.82 Å². The van der Waals surface area contributed by atoms with Crippen molar-refractivity contribution >= 4 is 15.9 Å². The third kappa shape index (κ3) is 3.01. The smallest absolute Gasteiger partial charge is 0.260 e. The molecule has 1 aromatic heterocycles. The molecule has 3 rings (SSSR count). The summed E-state index contributed by atoms with van der Waals surface area (Å²) in [4.78, 5) is 4.35. The summed E-state index contributed by atoms with van der Waals surface area (Å²) in [7, 11) is 0. The van der Waals surface area contributed by atoms with Gasteiger partial charge in [0.25, 0.3) is 5.89 Å². The van der Waals surface area contributed by atoms with Gasteiger partial charge in [-0.05, 0) is 31.0 Å². The molecular weight excluding hydrogens is 337 g/mol. The SMILES string of the molecule is NC1(c2noc(-c3ccc(Br)cc3F)n2)CCCCCC1. The molecule has 21 heavy (non-hydrogen) atoms. The largest absolute Gasteiger partial charge is 0.334 e. The Balaban J connectivity index is 1.92. The highest BCUT2D eigenvalue weighted by molar-refractivity contribution is 9.10.